The predicted octanol–water partition coefficient (Wildman–Crippen LogP) is 3.51. The molecule has 0 fully saturated rings. The first-order chi connectivity index (χ1) is 10.3. The van der Waals surface area contributed by atoms with E-state index in [1.165, 1.54) is 0 Å². The second kappa shape index (κ2) is 5.12. The quantitative estimate of drug-likeness (QED) is 0.940. The van der Waals surface area contributed by atoms with Crippen molar-refractivity contribution in [2.75, 3.05) is 19.7 Å². The molecule has 4 rings (SSSR count). The van der Waals surface area contributed by atoms with Crippen molar-refractivity contribution >= 4 is 44.0 Å². The molecule has 0 radical (unpaired) electrons. The molecule has 0 atom stereocenters. The first-order valence-electron chi connectivity index (χ1n) is 6.79. The average molecular weight is 320 g/mol. The summed E-state index contributed by atoms with van der Waals surface area (Å²) in [5.41, 5.74) is 1.89. The Hall–Kier alpha value is -1.37. The number of benzene rings is 1. The van der Waals surface area contributed by atoms with Crippen molar-refractivity contribution in [3.8, 4) is 0 Å². The van der Waals surface area contributed by atoms with Gasteiger partial charge in [-0.05, 0) is 23.6 Å². The Morgan fingerprint density at radius 3 is 3.14 bits per heavy atom. The number of nitrogens with zero attached hydrogens (tertiary/aromatic N) is 2. The SMILES string of the molecule is OCCC1=C(c2cc(F)c3ccsc3c2)N2CCN=C2S1. The molecule has 0 spiro atoms. The number of amidine groups is 1. The van der Waals surface area contributed by atoms with E-state index < -0.39 is 0 Å². The van der Waals surface area contributed by atoms with Crippen LogP contribution in [0.1, 0.15) is 12.0 Å². The van der Waals surface area contributed by atoms with Crippen LogP contribution in [0.25, 0.3) is 15.8 Å². The lowest BCUT2D eigenvalue weighted by Gasteiger charge is -2.17. The van der Waals surface area contributed by atoms with Crippen molar-refractivity contribution in [3.63, 3.8) is 0 Å². The van der Waals surface area contributed by atoms with Crippen LogP contribution in [-0.2, 0) is 0 Å². The van der Waals surface area contributed by atoms with Gasteiger partial charge in [0, 0.05) is 40.1 Å². The van der Waals surface area contributed by atoms with Gasteiger partial charge >= 0.3 is 0 Å². The van der Waals surface area contributed by atoms with E-state index in [9.17, 15) is 9.50 Å². The van der Waals surface area contributed by atoms with Gasteiger partial charge in [0.2, 0.25) is 0 Å². The molecule has 2 aliphatic rings. The number of hydrogen-bond acceptors (Lipinski definition) is 5. The highest BCUT2D eigenvalue weighted by Gasteiger charge is 2.32. The van der Waals surface area contributed by atoms with Crippen LogP contribution in [0.3, 0.4) is 0 Å². The van der Waals surface area contributed by atoms with Crippen LogP contribution < -0.4 is 0 Å². The van der Waals surface area contributed by atoms with Crippen LogP contribution in [0.5, 0.6) is 0 Å². The molecule has 1 aromatic carbocycles. The molecule has 1 aromatic heterocycles. The van der Waals surface area contributed by atoms with E-state index in [1.54, 1.807) is 29.2 Å². The summed E-state index contributed by atoms with van der Waals surface area (Å²) in [5.74, 6) is -0.186. The van der Waals surface area contributed by atoms with Crippen LogP contribution in [0.15, 0.2) is 33.5 Å². The van der Waals surface area contributed by atoms with Crippen LogP contribution in [0.2, 0.25) is 0 Å². The second-order valence-corrected chi connectivity index (χ2v) is 6.96. The minimum absolute atomic E-state index is 0.0939. The summed E-state index contributed by atoms with van der Waals surface area (Å²) in [5, 5.41) is 12.8. The first-order valence-corrected chi connectivity index (χ1v) is 8.48. The maximum absolute atomic E-state index is 14.3. The van der Waals surface area contributed by atoms with Crippen LogP contribution in [-0.4, -0.2) is 34.9 Å². The molecular formula is C15H13FN2OS2. The predicted molar refractivity (Wildman–Crippen MR) is 87.0 cm³/mol. The summed E-state index contributed by atoms with van der Waals surface area (Å²) < 4.78 is 15.2. The van der Waals surface area contributed by atoms with E-state index >= 15 is 0 Å². The molecule has 2 aromatic rings. The molecular weight excluding hydrogens is 307 g/mol. The molecule has 0 amide bonds. The zero-order valence-corrected chi connectivity index (χ0v) is 12.8. The van der Waals surface area contributed by atoms with E-state index in [2.05, 4.69) is 9.89 Å². The maximum Gasteiger partial charge on any atom is 0.168 e. The maximum atomic E-state index is 14.3. The van der Waals surface area contributed by atoms with Gasteiger partial charge in [-0.3, -0.25) is 4.99 Å². The Labute approximate surface area is 129 Å². The summed E-state index contributed by atoms with van der Waals surface area (Å²) in [4.78, 5) is 7.69. The fraction of sp³-hybridized carbons (Fsp3) is 0.267. The molecule has 6 heteroatoms. The highest BCUT2D eigenvalue weighted by Crippen LogP contribution is 2.44. The number of halogens is 1. The van der Waals surface area contributed by atoms with Crippen molar-refractivity contribution in [3.05, 3.63) is 39.9 Å². The lowest BCUT2D eigenvalue weighted by atomic mass is 10.1. The Morgan fingerprint density at radius 1 is 1.38 bits per heavy atom. The molecule has 108 valence electrons. The van der Waals surface area contributed by atoms with Gasteiger partial charge in [-0.1, -0.05) is 11.8 Å². The number of aliphatic imine (C=N–C) groups is 1. The van der Waals surface area contributed by atoms with E-state index in [4.69, 9.17) is 0 Å². The number of hydrogen-bond donors (Lipinski definition) is 1. The van der Waals surface area contributed by atoms with Gasteiger partial charge < -0.3 is 10.0 Å². The topological polar surface area (TPSA) is 35.8 Å². The lowest BCUT2D eigenvalue weighted by molar-refractivity contribution is 0.301. The van der Waals surface area contributed by atoms with Gasteiger partial charge in [-0.15, -0.1) is 11.3 Å². The van der Waals surface area contributed by atoms with Gasteiger partial charge in [0.15, 0.2) is 5.17 Å². The average Bonchev–Trinajstić information content (AvgIpc) is 3.13. The summed E-state index contributed by atoms with van der Waals surface area (Å²) in [6.07, 6.45) is 0.583. The highest BCUT2D eigenvalue weighted by atomic mass is 32.2. The largest absolute Gasteiger partial charge is 0.396 e. The molecule has 3 nitrogen and oxygen atoms in total. The molecule has 0 saturated heterocycles. The third-order valence-electron chi connectivity index (χ3n) is 3.68. The fourth-order valence-electron chi connectivity index (χ4n) is 2.78. The Morgan fingerprint density at radius 2 is 2.29 bits per heavy atom. The third-order valence-corrected chi connectivity index (χ3v) is 5.72. The summed E-state index contributed by atoms with van der Waals surface area (Å²) in [6.45, 7) is 1.70. The molecule has 2 aliphatic heterocycles. The smallest absolute Gasteiger partial charge is 0.168 e. The Kier molecular flexibility index (Phi) is 3.24. The summed E-state index contributed by atoms with van der Waals surface area (Å²) in [7, 11) is 0. The van der Waals surface area contributed by atoms with Crippen LogP contribution in [0, 0.1) is 5.82 Å². The number of fused-ring (bicyclic) bond motifs is 2. The molecule has 3 heterocycles. The number of thioether (sulfide) groups is 1. The van der Waals surface area contributed by atoms with Crippen molar-refractivity contribution < 1.29 is 9.50 Å². The molecule has 1 N–H and O–H groups in total. The molecule has 0 aliphatic carbocycles. The lowest BCUT2D eigenvalue weighted by Crippen LogP contribution is -2.20. The Bertz CT molecular complexity index is 781. The van der Waals surface area contributed by atoms with Crippen LogP contribution >= 0.6 is 23.1 Å². The summed E-state index contributed by atoms with van der Waals surface area (Å²) >= 11 is 3.15. The standard InChI is InChI=1S/C15H13FN2OS2/c16-11-7-9(8-13-10(11)2-6-20-13)14-12(1-5-19)21-15-17-3-4-18(14)15/h2,6-8,19H,1,3-5H2. The van der Waals surface area contributed by atoms with Crippen molar-refractivity contribution in [2.45, 2.75) is 6.42 Å². The highest BCUT2D eigenvalue weighted by molar-refractivity contribution is 8.17. The zero-order valence-electron chi connectivity index (χ0n) is 11.2. The molecule has 21 heavy (non-hydrogen) atoms. The number of thiophene rings is 1. The van der Waals surface area contributed by atoms with E-state index in [0.29, 0.717) is 11.8 Å². The van der Waals surface area contributed by atoms with Gasteiger partial charge in [-0.2, -0.15) is 0 Å². The second-order valence-electron chi connectivity index (χ2n) is 4.95. The molecule has 0 unspecified atom stereocenters. The van der Waals surface area contributed by atoms with Crippen molar-refractivity contribution in [1.29, 1.82) is 0 Å². The molecule has 0 bridgehead atoms. The normalized spacial score (nSPS) is 17.8. The first kappa shape index (κ1) is 13.3. The number of aliphatic hydroxyl groups is 1. The minimum atomic E-state index is -0.186. The molecule has 0 saturated carbocycles. The van der Waals surface area contributed by atoms with E-state index in [-0.39, 0.29) is 12.4 Å². The van der Waals surface area contributed by atoms with Crippen molar-refractivity contribution in [2.24, 2.45) is 4.99 Å². The van der Waals surface area contributed by atoms with E-state index in [0.717, 1.165) is 39.1 Å². The fourth-order valence-corrected chi connectivity index (χ4v) is 4.81. The van der Waals surface area contributed by atoms with Gasteiger partial charge in [0.05, 0.1) is 12.2 Å². The van der Waals surface area contributed by atoms with Crippen molar-refractivity contribution in [1.82, 2.24) is 4.90 Å². The minimum Gasteiger partial charge on any atom is -0.396 e. The monoisotopic (exact) mass is 320 g/mol. The Balaban J connectivity index is 1.87. The third kappa shape index (κ3) is 2.09. The number of aliphatic hydroxyl groups excluding tert-OH is 1. The van der Waals surface area contributed by atoms with E-state index in [1.807, 2.05) is 17.5 Å². The van der Waals surface area contributed by atoms with Gasteiger partial charge in [-0.25, -0.2) is 4.39 Å². The summed E-state index contributed by atoms with van der Waals surface area (Å²) in [6, 6.07) is 5.45. The number of rotatable bonds is 3. The zero-order chi connectivity index (χ0) is 14.4. The van der Waals surface area contributed by atoms with Gasteiger partial charge in [0.25, 0.3) is 0 Å². The van der Waals surface area contributed by atoms with Crippen LogP contribution in [0.4, 0.5) is 4.39 Å². The van der Waals surface area contributed by atoms with Gasteiger partial charge in [0.1, 0.15) is 5.82 Å².